The lowest BCUT2D eigenvalue weighted by molar-refractivity contribution is -0.135. The average Bonchev–Trinajstić information content (AvgIpc) is 2.86. The van der Waals surface area contributed by atoms with Crippen molar-refractivity contribution in [2.75, 3.05) is 37.7 Å². The summed E-state index contributed by atoms with van der Waals surface area (Å²) in [6.07, 6.45) is 7.19. The van der Waals surface area contributed by atoms with Gasteiger partial charge in [0.2, 0.25) is 11.8 Å². The maximum absolute atomic E-state index is 13.4. The molecule has 0 N–H and O–H groups in total. The zero-order valence-electron chi connectivity index (χ0n) is 20.9. The Labute approximate surface area is 209 Å². The number of hydrogen-bond donors (Lipinski definition) is 0. The second-order valence-corrected chi connectivity index (χ2v) is 9.61. The molecule has 7 heteroatoms. The molecule has 0 radical (unpaired) electrons. The molecule has 1 atom stereocenters. The van der Waals surface area contributed by atoms with Gasteiger partial charge in [0.15, 0.2) is 0 Å². The second kappa shape index (κ2) is 12.8. The Hall–Kier alpha value is -2.77. The molecule has 2 aromatic rings. The van der Waals surface area contributed by atoms with E-state index in [1.54, 1.807) is 6.92 Å². The summed E-state index contributed by atoms with van der Waals surface area (Å²) in [6, 6.07) is 14.0. The van der Waals surface area contributed by atoms with Crippen LogP contribution < -0.4 is 4.90 Å². The molecule has 4 rings (SSSR count). The van der Waals surface area contributed by atoms with Crippen molar-refractivity contribution >= 4 is 17.5 Å². The molecule has 0 bridgehead atoms. The van der Waals surface area contributed by atoms with E-state index < -0.39 is 0 Å². The molecule has 2 aliphatic rings. The molecule has 1 aromatic carbocycles. The third kappa shape index (κ3) is 7.36. The van der Waals surface area contributed by atoms with Gasteiger partial charge in [0.25, 0.3) is 0 Å². The Morgan fingerprint density at radius 3 is 2.51 bits per heavy atom. The predicted molar refractivity (Wildman–Crippen MR) is 137 cm³/mol. The first-order valence-corrected chi connectivity index (χ1v) is 13.0. The van der Waals surface area contributed by atoms with E-state index in [2.05, 4.69) is 9.88 Å². The number of ether oxygens (including phenoxy) is 1. The van der Waals surface area contributed by atoms with Gasteiger partial charge in [-0.25, -0.2) is 0 Å². The van der Waals surface area contributed by atoms with Gasteiger partial charge in [0.05, 0.1) is 18.2 Å². The number of hydrogen-bond acceptors (Lipinski definition) is 5. The van der Waals surface area contributed by atoms with Gasteiger partial charge in [-0.1, -0.05) is 24.3 Å². The fourth-order valence-electron chi connectivity index (χ4n) is 5.07. The number of amides is 2. The quantitative estimate of drug-likeness (QED) is 0.664. The summed E-state index contributed by atoms with van der Waals surface area (Å²) in [7, 11) is 0. The van der Waals surface area contributed by atoms with Gasteiger partial charge >= 0.3 is 0 Å². The number of carbonyl (C=O) groups excluding carboxylic acids is 2. The zero-order valence-corrected chi connectivity index (χ0v) is 20.9. The number of fused-ring (bicyclic) bond motifs is 1. The molecule has 0 spiro atoms. The van der Waals surface area contributed by atoms with Crippen LogP contribution in [0.2, 0.25) is 0 Å². The van der Waals surface area contributed by atoms with E-state index in [4.69, 9.17) is 4.74 Å². The Balaban J connectivity index is 1.55. The summed E-state index contributed by atoms with van der Waals surface area (Å²) in [5.74, 6) is 0.161. The highest BCUT2D eigenvalue weighted by Crippen LogP contribution is 2.25. The maximum atomic E-state index is 13.4. The molecule has 2 aliphatic heterocycles. The van der Waals surface area contributed by atoms with Crippen LogP contribution in [0.1, 0.15) is 56.7 Å². The molecule has 3 heterocycles. The summed E-state index contributed by atoms with van der Waals surface area (Å²) >= 11 is 0. The van der Waals surface area contributed by atoms with Gasteiger partial charge in [0.1, 0.15) is 0 Å². The lowest BCUT2D eigenvalue weighted by Gasteiger charge is -2.32. The molecule has 188 valence electrons. The van der Waals surface area contributed by atoms with E-state index in [0.717, 1.165) is 75.3 Å². The summed E-state index contributed by atoms with van der Waals surface area (Å²) in [6.45, 7) is 6.71. The summed E-state index contributed by atoms with van der Waals surface area (Å²) in [5.41, 5.74) is 2.96. The van der Waals surface area contributed by atoms with E-state index >= 15 is 0 Å². The number of para-hydroxylation sites is 1. The first kappa shape index (κ1) is 25.3. The average molecular weight is 479 g/mol. The minimum atomic E-state index is 0.0160. The molecule has 1 unspecified atom stereocenters. The van der Waals surface area contributed by atoms with Crippen molar-refractivity contribution in [3.05, 3.63) is 59.9 Å². The predicted octanol–water partition coefficient (Wildman–Crippen LogP) is 4.02. The highest BCUT2D eigenvalue weighted by Gasteiger charge is 2.24. The van der Waals surface area contributed by atoms with Crippen molar-refractivity contribution in [1.29, 1.82) is 0 Å². The van der Waals surface area contributed by atoms with Crippen molar-refractivity contribution in [2.24, 2.45) is 0 Å². The zero-order chi connectivity index (χ0) is 24.5. The maximum Gasteiger partial charge on any atom is 0.225 e. The molecule has 1 aromatic heterocycles. The molecule has 2 amide bonds. The number of benzene rings is 1. The molecule has 1 fully saturated rings. The molecule has 0 saturated carbocycles. The van der Waals surface area contributed by atoms with E-state index in [1.807, 2.05) is 58.5 Å². The van der Waals surface area contributed by atoms with Crippen molar-refractivity contribution < 1.29 is 14.3 Å². The van der Waals surface area contributed by atoms with Crippen LogP contribution in [0.4, 0.5) is 5.69 Å². The van der Waals surface area contributed by atoms with Crippen LogP contribution in [0.15, 0.2) is 48.7 Å². The van der Waals surface area contributed by atoms with E-state index in [9.17, 15) is 9.59 Å². The molecule has 35 heavy (non-hydrogen) atoms. The highest BCUT2D eigenvalue weighted by atomic mass is 16.5. The van der Waals surface area contributed by atoms with Crippen LogP contribution in [0.3, 0.4) is 0 Å². The number of aromatic nitrogens is 1. The van der Waals surface area contributed by atoms with Gasteiger partial charge in [-0.05, 0) is 55.9 Å². The molecule has 0 aliphatic carbocycles. The van der Waals surface area contributed by atoms with Gasteiger partial charge in [-0.2, -0.15) is 0 Å². The number of rotatable bonds is 4. The topological polar surface area (TPSA) is 66.0 Å². The van der Waals surface area contributed by atoms with Crippen molar-refractivity contribution in [3.8, 4) is 0 Å². The monoisotopic (exact) mass is 478 g/mol. The van der Waals surface area contributed by atoms with Crippen LogP contribution in [0.25, 0.3) is 0 Å². The Morgan fingerprint density at radius 2 is 1.77 bits per heavy atom. The van der Waals surface area contributed by atoms with Crippen LogP contribution in [0, 0.1) is 0 Å². The Morgan fingerprint density at radius 1 is 0.971 bits per heavy atom. The third-order valence-electron chi connectivity index (χ3n) is 6.92. The van der Waals surface area contributed by atoms with Crippen LogP contribution in [-0.2, 0) is 27.4 Å². The fraction of sp³-hybridized carbons (Fsp3) is 0.536. The van der Waals surface area contributed by atoms with Crippen molar-refractivity contribution in [1.82, 2.24) is 14.8 Å². The molecule has 1 saturated heterocycles. The van der Waals surface area contributed by atoms with Gasteiger partial charge in [-0.3, -0.25) is 19.5 Å². The number of carbonyl (C=O) groups is 2. The number of nitrogens with zero attached hydrogens (tertiary/aromatic N) is 4. The van der Waals surface area contributed by atoms with Crippen LogP contribution in [0.5, 0.6) is 0 Å². The Kier molecular flexibility index (Phi) is 9.26. The first-order chi connectivity index (χ1) is 17.1. The van der Waals surface area contributed by atoms with Crippen LogP contribution >= 0.6 is 0 Å². The molecule has 7 nitrogen and oxygen atoms in total. The van der Waals surface area contributed by atoms with Gasteiger partial charge < -0.3 is 14.5 Å². The molecular formula is C28H38N4O3. The highest BCUT2D eigenvalue weighted by molar-refractivity contribution is 5.92. The van der Waals surface area contributed by atoms with Crippen LogP contribution in [-0.4, -0.2) is 65.5 Å². The van der Waals surface area contributed by atoms with Crippen molar-refractivity contribution in [3.63, 3.8) is 0 Å². The Bertz CT molecular complexity index is 962. The smallest absolute Gasteiger partial charge is 0.225 e. The largest absolute Gasteiger partial charge is 0.378 e. The van der Waals surface area contributed by atoms with E-state index in [0.29, 0.717) is 26.1 Å². The normalized spacial score (nSPS) is 20.4. The first-order valence-electron chi connectivity index (χ1n) is 13.0. The lowest BCUT2D eigenvalue weighted by atomic mass is 10.0. The summed E-state index contributed by atoms with van der Waals surface area (Å²) in [4.78, 5) is 36.8. The van der Waals surface area contributed by atoms with E-state index in [1.165, 1.54) is 0 Å². The number of pyridine rings is 1. The van der Waals surface area contributed by atoms with Crippen molar-refractivity contribution in [2.45, 2.75) is 64.6 Å². The fourth-order valence-corrected chi connectivity index (χ4v) is 5.07. The number of anilines is 1. The minimum absolute atomic E-state index is 0.0160. The lowest BCUT2D eigenvalue weighted by Crippen LogP contribution is -2.39. The standard InChI is InChI=1S/C28H38N4O3/c1-23(33)32-18-9-16-30(22-25-11-4-6-14-29-25)15-8-17-31(21-24-10-2-3-13-27(24)32)28(34)20-26-12-5-7-19-35-26/h2-4,6,10-11,13-14,26H,5,7-9,12,15-22H2,1H3. The summed E-state index contributed by atoms with van der Waals surface area (Å²) < 4.78 is 5.86. The van der Waals surface area contributed by atoms with Gasteiger partial charge in [-0.15, -0.1) is 0 Å². The minimum Gasteiger partial charge on any atom is -0.378 e. The third-order valence-corrected chi connectivity index (χ3v) is 6.92. The van der Waals surface area contributed by atoms with Gasteiger partial charge in [0, 0.05) is 64.7 Å². The SMILES string of the molecule is CC(=O)N1CCCN(Cc2ccccn2)CCCN(C(=O)CC2CCCCO2)Cc2ccccc21. The molecular weight excluding hydrogens is 440 g/mol. The summed E-state index contributed by atoms with van der Waals surface area (Å²) in [5, 5.41) is 0. The second-order valence-electron chi connectivity index (χ2n) is 9.61. The van der Waals surface area contributed by atoms with E-state index in [-0.39, 0.29) is 17.9 Å².